The third-order valence-corrected chi connectivity index (χ3v) is 2.97. The topological polar surface area (TPSA) is 21.3 Å². The van der Waals surface area contributed by atoms with Gasteiger partial charge in [0.1, 0.15) is 18.2 Å². The highest BCUT2D eigenvalue weighted by atomic mass is 19.1. The first kappa shape index (κ1) is 15.4. The fourth-order valence-corrected chi connectivity index (χ4v) is 1.83. The molecule has 0 aliphatic carbocycles. The maximum atomic E-state index is 13.8. The van der Waals surface area contributed by atoms with Crippen LogP contribution in [0.2, 0.25) is 0 Å². The normalized spacial score (nSPS) is 10.7. The zero-order valence-corrected chi connectivity index (χ0v) is 11.6. The van der Waals surface area contributed by atoms with Crippen LogP contribution in [0.1, 0.15) is 18.1 Å². The molecule has 0 unspecified atom stereocenters. The Balaban J connectivity index is 2.02. The zero-order valence-electron chi connectivity index (χ0n) is 11.6. The molecule has 0 atom stereocenters. The molecule has 0 aliphatic rings. The molecule has 0 spiro atoms. The van der Waals surface area contributed by atoms with Gasteiger partial charge in [0.2, 0.25) is 0 Å². The lowest BCUT2D eigenvalue weighted by molar-refractivity contribution is 0.284. The molecule has 5 heteroatoms. The third kappa shape index (κ3) is 4.23. The molecule has 2 aromatic carbocycles. The van der Waals surface area contributed by atoms with E-state index in [9.17, 15) is 13.2 Å². The van der Waals surface area contributed by atoms with E-state index in [4.69, 9.17) is 4.74 Å². The molecule has 2 nitrogen and oxygen atoms in total. The van der Waals surface area contributed by atoms with E-state index in [1.807, 2.05) is 6.92 Å². The predicted molar refractivity (Wildman–Crippen MR) is 74.5 cm³/mol. The molecular formula is C16H16F3NO. The summed E-state index contributed by atoms with van der Waals surface area (Å²) in [6, 6.07) is 7.80. The molecule has 21 heavy (non-hydrogen) atoms. The van der Waals surface area contributed by atoms with Crippen LogP contribution in [0.3, 0.4) is 0 Å². The van der Waals surface area contributed by atoms with Gasteiger partial charge in [0, 0.05) is 18.2 Å². The third-order valence-electron chi connectivity index (χ3n) is 2.97. The summed E-state index contributed by atoms with van der Waals surface area (Å²) >= 11 is 0. The van der Waals surface area contributed by atoms with Gasteiger partial charge in [-0.3, -0.25) is 0 Å². The van der Waals surface area contributed by atoms with Crippen molar-refractivity contribution in [2.45, 2.75) is 20.1 Å². The van der Waals surface area contributed by atoms with E-state index >= 15 is 0 Å². The van der Waals surface area contributed by atoms with E-state index in [1.54, 1.807) is 6.07 Å². The Labute approximate surface area is 121 Å². The van der Waals surface area contributed by atoms with E-state index in [0.29, 0.717) is 6.54 Å². The lowest BCUT2D eigenvalue weighted by Gasteiger charge is -2.10. The van der Waals surface area contributed by atoms with Crippen molar-refractivity contribution in [2.75, 3.05) is 6.54 Å². The number of hydrogen-bond acceptors (Lipinski definition) is 2. The van der Waals surface area contributed by atoms with Crippen molar-refractivity contribution in [1.82, 2.24) is 5.32 Å². The Kier molecular flexibility index (Phi) is 5.22. The second kappa shape index (κ2) is 7.13. The van der Waals surface area contributed by atoms with E-state index in [0.717, 1.165) is 24.2 Å². The SMILES string of the molecule is CCNCc1ccc(OCc2ccc(F)cc2F)c(F)c1. The molecule has 0 heterocycles. The summed E-state index contributed by atoms with van der Waals surface area (Å²) in [7, 11) is 0. The zero-order chi connectivity index (χ0) is 15.2. The van der Waals surface area contributed by atoms with Crippen LogP contribution in [0, 0.1) is 17.5 Å². The monoisotopic (exact) mass is 295 g/mol. The fourth-order valence-electron chi connectivity index (χ4n) is 1.83. The van der Waals surface area contributed by atoms with Gasteiger partial charge in [-0.25, -0.2) is 13.2 Å². The minimum Gasteiger partial charge on any atom is -0.486 e. The Bertz CT molecular complexity index is 616. The molecule has 2 rings (SSSR count). The van der Waals surface area contributed by atoms with Crippen LogP contribution in [-0.2, 0) is 13.2 Å². The van der Waals surface area contributed by atoms with Gasteiger partial charge in [0.25, 0.3) is 0 Å². The van der Waals surface area contributed by atoms with Gasteiger partial charge in [-0.1, -0.05) is 13.0 Å². The molecular weight excluding hydrogens is 279 g/mol. The molecule has 0 radical (unpaired) electrons. The second-order valence-electron chi connectivity index (χ2n) is 4.57. The summed E-state index contributed by atoms with van der Waals surface area (Å²) in [6.07, 6.45) is 0. The van der Waals surface area contributed by atoms with Crippen molar-refractivity contribution in [1.29, 1.82) is 0 Å². The van der Waals surface area contributed by atoms with Gasteiger partial charge >= 0.3 is 0 Å². The van der Waals surface area contributed by atoms with Crippen LogP contribution in [0.25, 0.3) is 0 Å². The average molecular weight is 295 g/mol. The van der Waals surface area contributed by atoms with Gasteiger partial charge in [0.15, 0.2) is 11.6 Å². The summed E-state index contributed by atoms with van der Waals surface area (Å²) in [5.41, 5.74) is 0.974. The smallest absolute Gasteiger partial charge is 0.165 e. The molecule has 0 fully saturated rings. The summed E-state index contributed by atoms with van der Waals surface area (Å²) in [5, 5.41) is 3.09. The van der Waals surface area contributed by atoms with E-state index in [2.05, 4.69) is 5.32 Å². The van der Waals surface area contributed by atoms with Gasteiger partial charge < -0.3 is 10.1 Å². The van der Waals surface area contributed by atoms with Crippen LogP contribution in [0.4, 0.5) is 13.2 Å². The van der Waals surface area contributed by atoms with Crippen LogP contribution in [0.15, 0.2) is 36.4 Å². The molecule has 1 N–H and O–H groups in total. The van der Waals surface area contributed by atoms with Gasteiger partial charge in [-0.2, -0.15) is 0 Å². The van der Waals surface area contributed by atoms with Gasteiger partial charge in [0.05, 0.1) is 0 Å². The Hall–Kier alpha value is -2.01. The van der Waals surface area contributed by atoms with Gasteiger partial charge in [-0.05, 0) is 36.4 Å². The molecule has 0 aliphatic heterocycles. The first-order valence-electron chi connectivity index (χ1n) is 6.66. The van der Waals surface area contributed by atoms with Crippen molar-refractivity contribution >= 4 is 0 Å². The molecule has 0 amide bonds. The van der Waals surface area contributed by atoms with Crippen LogP contribution in [-0.4, -0.2) is 6.54 Å². The molecule has 0 aromatic heterocycles. The highest BCUT2D eigenvalue weighted by molar-refractivity contribution is 5.30. The second-order valence-corrected chi connectivity index (χ2v) is 4.57. The maximum Gasteiger partial charge on any atom is 0.165 e. The summed E-state index contributed by atoms with van der Waals surface area (Å²) < 4.78 is 45.3. The Morgan fingerprint density at radius 2 is 1.81 bits per heavy atom. The maximum absolute atomic E-state index is 13.8. The number of rotatable bonds is 6. The van der Waals surface area contributed by atoms with Gasteiger partial charge in [-0.15, -0.1) is 0 Å². The standard InChI is InChI=1S/C16H16F3NO/c1-2-20-9-11-3-6-16(15(19)7-11)21-10-12-4-5-13(17)8-14(12)18/h3-8,20H,2,9-10H2,1H3. The van der Waals surface area contributed by atoms with Crippen molar-refractivity contribution < 1.29 is 17.9 Å². The number of halogens is 3. The highest BCUT2D eigenvalue weighted by Gasteiger charge is 2.08. The van der Waals surface area contributed by atoms with Crippen molar-refractivity contribution in [3.8, 4) is 5.75 Å². The molecule has 0 saturated heterocycles. The van der Waals surface area contributed by atoms with Crippen molar-refractivity contribution in [3.05, 3.63) is 65.0 Å². The molecule has 0 saturated carbocycles. The number of benzene rings is 2. The number of hydrogen-bond donors (Lipinski definition) is 1. The number of ether oxygens (including phenoxy) is 1. The minimum absolute atomic E-state index is 0.0407. The lowest BCUT2D eigenvalue weighted by Crippen LogP contribution is -2.11. The minimum atomic E-state index is -0.709. The first-order chi connectivity index (χ1) is 10.1. The summed E-state index contributed by atoms with van der Waals surface area (Å²) in [6.45, 7) is 3.17. The first-order valence-corrected chi connectivity index (χ1v) is 6.66. The van der Waals surface area contributed by atoms with Crippen LogP contribution in [0.5, 0.6) is 5.75 Å². The summed E-state index contributed by atoms with van der Waals surface area (Å²) in [4.78, 5) is 0. The molecule has 112 valence electrons. The van der Waals surface area contributed by atoms with E-state index < -0.39 is 17.5 Å². The fraction of sp³-hybridized carbons (Fsp3) is 0.250. The van der Waals surface area contributed by atoms with Crippen molar-refractivity contribution in [2.24, 2.45) is 0 Å². The predicted octanol–water partition coefficient (Wildman–Crippen LogP) is 3.79. The van der Waals surface area contributed by atoms with Crippen LogP contribution >= 0.6 is 0 Å². The lowest BCUT2D eigenvalue weighted by atomic mass is 10.2. The largest absolute Gasteiger partial charge is 0.486 e. The average Bonchev–Trinajstić information content (AvgIpc) is 2.45. The van der Waals surface area contributed by atoms with E-state index in [1.165, 1.54) is 18.2 Å². The highest BCUT2D eigenvalue weighted by Crippen LogP contribution is 2.20. The number of nitrogens with one attached hydrogen (secondary N) is 1. The quantitative estimate of drug-likeness (QED) is 0.875. The summed E-state index contributed by atoms with van der Waals surface area (Å²) in [5.74, 6) is -1.83. The Morgan fingerprint density at radius 1 is 1.00 bits per heavy atom. The Morgan fingerprint density at radius 3 is 2.48 bits per heavy atom. The van der Waals surface area contributed by atoms with Crippen LogP contribution < -0.4 is 10.1 Å². The van der Waals surface area contributed by atoms with Crippen molar-refractivity contribution in [3.63, 3.8) is 0 Å². The molecule has 2 aromatic rings. The molecule has 0 bridgehead atoms. The van der Waals surface area contributed by atoms with E-state index in [-0.39, 0.29) is 17.9 Å².